The van der Waals surface area contributed by atoms with Gasteiger partial charge >= 0.3 is 0 Å². The minimum absolute atomic E-state index is 0. The van der Waals surface area contributed by atoms with E-state index in [2.05, 4.69) is 20.6 Å². The summed E-state index contributed by atoms with van der Waals surface area (Å²) in [5.74, 6) is 1.56. The summed E-state index contributed by atoms with van der Waals surface area (Å²) >= 11 is 0. The highest BCUT2D eigenvalue weighted by atomic mass is 127. The van der Waals surface area contributed by atoms with Crippen LogP contribution in [0, 0.1) is 5.82 Å². The number of benzene rings is 1. The van der Waals surface area contributed by atoms with E-state index in [1.165, 1.54) is 44.2 Å². The fourth-order valence-corrected chi connectivity index (χ4v) is 3.06. The summed E-state index contributed by atoms with van der Waals surface area (Å²) in [6.45, 7) is 0.620. The Labute approximate surface area is 176 Å². The van der Waals surface area contributed by atoms with Crippen LogP contribution < -0.4 is 15.4 Å². The van der Waals surface area contributed by atoms with Crippen LogP contribution in [0.4, 0.5) is 4.39 Å². The molecule has 0 amide bonds. The van der Waals surface area contributed by atoms with Gasteiger partial charge in [-0.25, -0.2) is 9.37 Å². The lowest BCUT2D eigenvalue weighted by Gasteiger charge is -2.24. The highest BCUT2D eigenvalue weighted by Crippen LogP contribution is 2.20. The van der Waals surface area contributed by atoms with Crippen molar-refractivity contribution in [2.75, 3.05) is 7.05 Å². The van der Waals surface area contributed by atoms with Crippen molar-refractivity contribution in [1.82, 2.24) is 15.6 Å². The molecule has 1 saturated carbocycles. The Morgan fingerprint density at radius 2 is 1.93 bits per heavy atom. The van der Waals surface area contributed by atoms with Crippen molar-refractivity contribution < 1.29 is 9.13 Å². The van der Waals surface area contributed by atoms with E-state index in [-0.39, 0.29) is 29.8 Å². The lowest BCUT2D eigenvalue weighted by atomic mass is 9.96. The van der Waals surface area contributed by atoms with Crippen molar-refractivity contribution in [2.45, 2.75) is 44.7 Å². The quantitative estimate of drug-likeness (QED) is 0.369. The fourth-order valence-electron chi connectivity index (χ4n) is 3.06. The van der Waals surface area contributed by atoms with Gasteiger partial charge in [0.2, 0.25) is 5.88 Å². The first-order chi connectivity index (χ1) is 12.7. The largest absolute Gasteiger partial charge is 0.439 e. The molecule has 146 valence electrons. The van der Waals surface area contributed by atoms with Crippen LogP contribution in [-0.4, -0.2) is 24.0 Å². The van der Waals surface area contributed by atoms with E-state index >= 15 is 0 Å². The van der Waals surface area contributed by atoms with E-state index in [1.54, 1.807) is 25.4 Å². The molecule has 1 fully saturated rings. The highest BCUT2D eigenvalue weighted by Gasteiger charge is 2.14. The lowest BCUT2D eigenvalue weighted by molar-refractivity contribution is 0.410. The van der Waals surface area contributed by atoms with Gasteiger partial charge in [-0.15, -0.1) is 24.0 Å². The third kappa shape index (κ3) is 6.97. The zero-order chi connectivity index (χ0) is 18.2. The summed E-state index contributed by atoms with van der Waals surface area (Å²) < 4.78 is 18.6. The highest BCUT2D eigenvalue weighted by molar-refractivity contribution is 14.0. The molecule has 1 aliphatic carbocycles. The van der Waals surface area contributed by atoms with Gasteiger partial charge in [0.05, 0.1) is 0 Å². The monoisotopic (exact) mass is 484 g/mol. The van der Waals surface area contributed by atoms with Gasteiger partial charge in [-0.1, -0.05) is 19.3 Å². The smallest absolute Gasteiger partial charge is 0.219 e. The van der Waals surface area contributed by atoms with E-state index in [4.69, 9.17) is 4.74 Å². The molecule has 0 unspecified atom stereocenters. The number of halogens is 2. The molecule has 0 saturated heterocycles. The van der Waals surface area contributed by atoms with E-state index in [9.17, 15) is 4.39 Å². The number of hydrogen-bond acceptors (Lipinski definition) is 3. The van der Waals surface area contributed by atoms with E-state index in [0.29, 0.717) is 24.2 Å². The molecule has 0 atom stereocenters. The molecular weight excluding hydrogens is 458 g/mol. The number of aliphatic imine (C=N–C) groups is 1. The van der Waals surface area contributed by atoms with Crippen molar-refractivity contribution in [3.8, 4) is 11.6 Å². The standard InChI is InChI=1S/C20H25FN4O.HI/c1-22-20(25-17-5-3-2-4-6-17)24-14-15-11-12-23-19(13-15)26-18-9-7-16(21)8-10-18;/h7-13,17H,2-6,14H2,1H3,(H2,22,24,25);1H. The van der Waals surface area contributed by atoms with Crippen LogP contribution in [0.15, 0.2) is 47.6 Å². The zero-order valence-electron chi connectivity index (χ0n) is 15.5. The number of nitrogens with one attached hydrogen (secondary N) is 2. The normalized spacial score (nSPS) is 15.0. The van der Waals surface area contributed by atoms with Gasteiger partial charge in [-0.05, 0) is 48.7 Å². The molecule has 0 bridgehead atoms. The van der Waals surface area contributed by atoms with Crippen LogP contribution in [0.3, 0.4) is 0 Å². The van der Waals surface area contributed by atoms with Crippen molar-refractivity contribution in [3.05, 3.63) is 54.0 Å². The predicted molar refractivity (Wildman–Crippen MR) is 116 cm³/mol. The number of nitrogens with zero attached hydrogens (tertiary/aromatic N) is 2. The molecule has 5 nitrogen and oxygen atoms in total. The Morgan fingerprint density at radius 3 is 2.63 bits per heavy atom. The summed E-state index contributed by atoms with van der Waals surface area (Å²) in [5, 5.41) is 6.83. The van der Waals surface area contributed by atoms with Crippen LogP contribution in [0.25, 0.3) is 0 Å². The molecule has 27 heavy (non-hydrogen) atoms. The molecule has 0 aliphatic heterocycles. The Morgan fingerprint density at radius 1 is 1.19 bits per heavy atom. The molecule has 1 heterocycles. The van der Waals surface area contributed by atoms with Gasteiger partial charge in [0.25, 0.3) is 0 Å². The molecule has 2 aromatic rings. The Kier molecular flexibility index (Phi) is 8.77. The summed E-state index contributed by atoms with van der Waals surface area (Å²) in [5.41, 5.74) is 1.03. The van der Waals surface area contributed by atoms with Crippen molar-refractivity contribution >= 4 is 29.9 Å². The average Bonchev–Trinajstić information content (AvgIpc) is 2.68. The number of aromatic nitrogens is 1. The number of pyridine rings is 1. The Bertz CT molecular complexity index is 733. The maximum Gasteiger partial charge on any atom is 0.219 e. The van der Waals surface area contributed by atoms with Crippen LogP contribution >= 0.6 is 24.0 Å². The summed E-state index contributed by atoms with van der Waals surface area (Å²) in [7, 11) is 1.79. The second-order valence-corrected chi connectivity index (χ2v) is 6.46. The first-order valence-electron chi connectivity index (χ1n) is 9.08. The minimum Gasteiger partial charge on any atom is -0.439 e. The molecule has 1 aromatic carbocycles. The fraction of sp³-hybridized carbons (Fsp3) is 0.400. The minimum atomic E-state index is -0.292. The van der Waals surface area contributed by atoms with Crippen LogP contribution in [0.1, 0.15) is 37.7 Å². The molecule has 1 aromatic heterocycles. The second kappa shape index (κ2) is 11.1. The van der Waals surface area contributed by atoms with E-state index < -0.39 is 0 Å². The van der Waals surface area contributed by atoms with Crippen molar-refractivity contribution in [2.24, 2.45) is 4.99 Å². The topological polar surface area (TPSA) is 58.5 Å². The van der Waals surface area contributed by atoms with Gasteiger partial charge in [0.1, 0.15) is 11.6 Å². The van der Waals surface area contributed by atoms with Gasteiger partial charge in [0.15, 0.2) is 5.96 Å². The molecular formula is C20H26FIN4O. The second-order valence-electron chi connectivity index (χ2n) is 6.46. The molecule has 2 N–H and O–H groups in total. The Balaban J connectivity index is 0.00000261. The number of guanidine groups is 1. The average molecular weight is 484 g/mol. The summed E-state index contributed by atoms with van der Waals surface area (Å²) in [4.78, 5) is 8.52. The zero-order valence-corrected chi connectivity index (χ0v) is 17.8. The molecule has 0 spiro atoms. The molecule has 3 rings (SSSR count). The van der Waals surface area contributed by atoms with Gasteiger partial charge in [-0.2, -0.15) is 0 Å². The Hall–Kier alpha value is -1.90. The number of rotatable bonds is 5. The molecule has 0 radical (unpaired) electrons. The SMILES string of the molecule is CN=C(NCc1ccnc(Oc2ccc(F)cc2)c1)NC1CCCCC1.I. The third-order valence-electron chi connectivity index (χ3n) is 4.46. The maximum absolute atomic E-state index is 13.0. The first-order valence-corrected chi connectivity index (χ1v) is 9.08. The van der Waals surface area contributed by atoms with E-state index in [0.717, 1.165) is 11.5 Å². The van der Waals surface area contributed by atoms with Gasteiger partial charge < -0.3 is 15.4 Å². The van der Waals surface area contributed by atoms with Crippen molar-refractivity contribution in [3.63, 3.8) is 0 Å². The maximum atomic E-state index is 13.0. The van der Waals surface area contributed by atoms with Gasteiger partial charge in [0, 0.05) is 31.9 Å². The predicted octanol–water partition coefficient (Wildman–Crippen LogP) is 4.63. The molecule has 1 aliphatic rings. The van der Waals surface area contributed by atoms with Crippen LogP contribution in [-0.2, 0) is 6.54 Å². The number of ether oxygens (including phenoxy) is 1. The molecule has 7 heteroatoms. The first kappa shape index (κ1) is 21.4. The van der Waals surface area contributed by atoms with Crippen LogP contribution in [0.2, 0.25) is 0 Å². The number of hydrogen-bond donors (Lipinski definition) is 2. The van der Waals surface area contributed by atoms with Gasteiger partial charge in [-0.3, -0.25) is 4.99 Å². The van der Waals surface area contributed by atoms with E-state index in [1.807, 2.05) is 12.1 Å². The summed E-state index contributed by atoms with van der Waals surface area (Å²) in [6, 6.07) is 10.2. The van der Waals surface area contributed by atoms with Crippen molar-refractivity contribution in [1.29, 1.82) is 0 Å². The lowest BCUT2D eigenvalue weighted by Crippen LogP contribution is -2.43. The van der Waals surface area contributed by atoms with Crippen LogP contribution in [0.5, 0.6) is 11.6 Å². The third-order valence-corrected chi connectivity index (χ3v) is 4.46. The summed E-state index contributed by atoms with van der Waals surface area (Å²) in [6.07, 6.45) is 7.99.